The third-order valence-corrected chi connectivity index (χ3v) is 8.20. The summed E-state index contributed by atoms with van der Waals surface area (Å²) in [5.41, 5.74) is 1.00. The van der Waals surface area contributed by atoms with Crippen LogP contribution in [-0.2, 0) is 30.4 Å². The summed E-state index contributed by atoms with van der Waals surface area (Å²) in [6.07, 6.45) is 0. The average Bonchev–Trinajstić information content (AvgIpc) is 2.93. The molecule has 0 unspecified atom stereocenters. The minimum Gasteiger partial charge on any atom is -0.504 e. The predicted octanol–water partition coefficient (Wildman–Crippen LogP) is 3.93. The van der Waals surface area contributed by atoms with Gasteiger partial charge in [0.15, 0.2) is 5.75 Å². The van der Waals surface area contributed by atoms with Crippen LogP contribution in [0.3, 0.4) is 0 Å². The average molecular weight is 720 g/mol. The number of rotatable bonds is 9. The summed E-state index contributed by atoms with van der Waals surface area (Å²) < 4.78 is 99.5. The van der Waals surface area contributed by atoms with Gasteiger partial charge in [-0.05, 0) is 53.5 Å². The molecule has 0 atom stereocenters. The molecule has 1 aromatic heterocycles. The van der Waals surface area contributed by atoms with Crippen LogP contribution in [0.2, 0.25) is 10.6 Å². The smallest absolute Gasteiger partial charge is 0.296 e. The van der Waals surface area contributed by atoms with E-state index in [1.54, 1.807) is 18.2 Å². The molecule has 0 radical (unpaired) electrons. The molecule has 0 saturated carbocycles. The molecule has 3 aromatic carbocycles. The number of phenolic OH excluding ortho intramolecular Hbond substituents is 1. The first-order valence-corrected chi connectivity index (χ1v) is 16.6. The lowest BCUT2D eigenvalue weighted by Crippen LogP contribution is -2.06. The van der Waals surface area contributed by atoms with E-state index in [1.807, 2.05) is 0 Å². The first kappa shape index (κ1) is 33.5. The maximum absolute atomic E-state index is 12.0. The number of halogens is 2. The number of benzene rings is 3. The van der Waals surface area contributed by atoms with Crippen LogP contribution >= 0.6 is 23.2 Å². The van der Waals surface area contributed by atoms with Gasteiger partial charge in [0.25, 0.3) is 30.4 Å². The van der Waals surface area contributed by atoms with Crippen molar-refractivity contribution in [1.29, 1.82) is 0 Å². The maximum Gasteiger partial charge on any atom is 0.296 e. The molecule has 1 heterocycles. The predicted molar refractivity (Wildman–Crippen MR) is 158 cm³/mol. The number of nitrogens with one attached hydrogen (secondary N) is 2. The zero-order valence-electron chi connectivity index (χ0n) is 21.7. The van der Waals surface area contributed by atoms with Crippen molar-refractivity contribution >= 4 is 82.4 Å². The Kier molecular flexibility index (Phi) is 9.65. The van der Waals surface area contributed by atoms with Gasteiger partial charge in [0.1, 0.15) is 16.3 Å². The van der Waals surface area contributed by atoms with Crippen LogP contribution in [-0.4, -0.2) is 64.8 Å². The number of phenols is 1. The Morgan fingerprint density at radius 3 is 1.91 bits per heavy atom. The van der Waals surface area contributed by atoms with E-state index in [0.717, 1.165) is 12.1 Å². The van der Waals surface area contributed by atoms with E-state index in [4.69, 9.17) is 23.2 Å². The molecule has 0 amide bonds. The van der Waals surface area contributed by atoms with Gasteiger partial charge >= 0.3 is 0 Å². The van der Waals surface area contributed by atoms with Crippen LogP contribution in [0, 0.1) is 0 Å². The molecule has 0 fully saturated rings. The monoisotopic (exact) mass is 718 g/mol. The molecule has 0 saturated heterocycles. The van der Waals surface area contributed by atoms with Gasteiger partial charge in [-0.15, -0.1) is 10.2 Å². The Labute approximate surface area is 263 Å². The summed E-state index contributed by atoms with van der Waals surface area (Å²) in [6, 6.07) is 11.3. The standard InChI is InChI=1S/C22H16Cl2N8O10S3/c23-20-26-21(24)28-22(27-20)25-15-9-13(44(37,38)39)10-16(18(15)33)30-32-19(11-4-2-1-3-5-11)31-29-14-8-12(43(34,35)36)6-7-17(14)45(40,41)42/h1-10,30,33H,(H,34,35,36)(H,37,38,39)(H,40,41,42)(H,25,26,27,28)/b31-29?,32-19-. The van der Waals surface area contributed by atoms with Crippen molar-refractivity contribution in [1.82, 2.24) is 15.0 Å². The van der Waals surface area contributed by atoms with Gasteiger partial charge in [-0.1, -0.05) is 30.3 Å². The number of nitrogens with zero attached hydrogens (tertiary/aromatic N) is 6. The number of anilines is 3. The molecule has 45 heavy (non-hydrogen) atoms. The Balaban J connectivity index is 1.83. The molecule has 6 N–H and O–H groups in total. The molecule has 0 aliphatic carbocycles. The minimum absolute atomic E-state index is 0.200. The second-order valence-corrected chi connectivity index (χ2v) is 13.3. The molecule has 18 nitrogen and oxygen atoms in total. The number of aromatic nitrogens is 3. The summed E-state index contributed by atoms with van der Waals surface area (Å²) in [5, 5.41) is 24.1. The fourth-order valence-corrected chi connectivity index (χ4v) is 5.34. The van der Waals surface area contributed by atoms with E-state index >= 15 is 0 Å². The van der Waals surface area contributed by atoms with Crippen molar-refractivity contribution in [3.63, 3.8) is 0 Å². The van der Waals surface area contributed by atoms with Crippen molar-refractivity contribution in [3.05, 3.63) is 76.8 Å². The highest BCUT2D eigenvalue weighted by molar-refractivity contribution is 7.86. The summed E-state index contributed by atoms with van der Waals surface area (Å²) in [7, 11) is -14.7. The Morgan fingerprint density at radius 1 is 0.733 bits per heavy atom. The minimum atomic E-state index is -4.96. The molecule has 4 rings (SSSR count). The van der Waals surface area contributed by atoms with Crippen LogP contribution in [0.25, 0.3) is 0 Å². The van der Waals surface area contributed by atoms with Crippen molar-refractivity contribution < 1.29 is 44.0 Å². The highest BCUT2D eigenvalue weighted by Gasteiger charge is 2.21. The molecule has 0 spiro atoms. The summed E-state index contributed by atoms with van der Waals surface area (Å²) in [6.45, 7) is 0. The normalized spacial score (nSPS) is 12.8. The van der Waals surface area contributed by atoms with Crippen LogP contribution in [0.5, 0.6) is 5.75 Å². The second kappa shape index (κ2) is 12.9. The third kappa shape index (κ3) is 8.64. The molecule has 0 bridgehead atoms. The van der Waals surface area contributed by atoms with Crippen LogP contribution in [0.4, 0.5) is 23.0 Å². The maximum atomic E-state index is 12.0. The lowest BCUT2D eigenvalue weighted by atomic mass is 10.2. The van der Waals surface area contributed by atoms with Gasteiger partial charge < -0.3 is 10.4 Å². The summed E-state index contributed by atoms with van der Waals surface area (Å²) in [4.78, 5) is 8.66. The largest absolute Gasteiger partial charge is 0.504 e. The Morgan fingerprint density at radius 2 is 1.33 bits per heavy atom. The zero-order chi connectivity index (χ0) is 33.2. The second-order valence-electron chi connectivity index (χ2n) is 8.36. The first-order chi connectivity index (χ1) is 20.9. The van der Waals surface area contributed by atoms with Gasteiger partial charge in [0.2, 0.25) is 22.4 Å². The van der Waals surface area contributed by atoms with Crippen LogP contribution in [0.15, 0.2) is 90.7 Å². The highest BCUT2D eigenvalue weighted by atomic mass is 35.5. The number of hydrogen-bond acceptors (Lipinski definition) is 14. The van der Waals surface area contributed by atoms with Gasteiger partial charge in [0, 0.05) is 5.56 Å². The highest BCUT2D eigenvalue weighted by Crippen LogP contribution is 2.37. The van der Waals surface area contributed by atoms with Crippen molar-refractivity contribution in [2.45, 2.75) is 14.7 Å². The van der Waals surface area contributed by atoms with Gasteiger partial charge in [-0.3, -0.25) is 19.1 Å². The fraction of sp³-hybridized carbons (Fsp3) is 0. The SMILES string of the molecule is O=S(=O)(O)c1ccc(S(=O)(=O)O)c(N=N/C(=N\Nc2cc(S(=O)(=O)O)cc(Nc3nc(Cl)nc(Cl)n3)c2O)c2ccccc2)c1. The fourth-order valence-electron chi connectivity index (χ4n) is 3.34. The number of amidine groups is 1. The van der Waals surface area contributed by atoms with E-state index in [9.17, 15) is 44.0 Å². The summed E-state index contributed by atoms with van der Waals surface area (Å²) >= 11 is 11.5. The van der Waals surface area contributed by atoms with Crippen molar-refractivity contribution in [2.24, 2.45) is 15.3 Å². The van der Waals surface area contributed by atoms with Crippen molar-refractivity contribution in [3.8, 4) is 5.75 Å². The van der Waals surface area contributed by atoms with E-state index in [1.165, 1.54) is 12.1 Å². The Bertz CT molecular complexity index is 2170. The lowest BCUT2D eigenvalue weighted by molar-refractivity contribution is 0.475. The molecule has 23 heteroatoms. The molecule has 0 aliphatic rings. The lowest BCUT2D eigenvalue weighted by Gasteiger charge is -2.13. The van der Waals surface area contributed by atoms with E-state index in [0.29, 0.717) is 18.2 Å². The van der Waals surface area contributed by atoms with Crippen LogP contribution in [0.1, 0.15) is 5.56 Å². The number of hydrazone groups is 1. The van der Waals surface area contributed by atoms with Gasteiger partial charge in [-0.2, -0.15) is 45.3 Å². The zero-order valence-corrected chi connectivity index (χ0v) is 25.6. The van der Waals surface area contributed by atoms with E-state index in [2.05, 4.69) is 41.0 Å². The molecular formula is C22H16Cl2N8O10S3. The molecule has 236 valence electrons. The van der Waals surface area contributed by atoms with E-state index in [-0.39, 0.29) is 33.6 Å². The quantitative estimate of drug-likeness (QED) is 0.0357. The Hall–Kier alpha value is -4.35. The number of aromatic hydroxyl groups is 1. The topological polar surface area (TPSA) is 283 Å². The number of azo groups is 1. The van der Waals surface area contributed by atoms with Crippen LogP contribution < -0.4 is 10.7 Å². The van der Waals surface area contributed by atoms with Gasteiger partial charge in [-0.25, -0.2) is 0 Å². The molecule has 4 aromatic rings. The first-order valence-electron chi connectivity index (χ1n) is 11.5. The summed E-state index contributed by atoms with van der Waals surface area (Å²) in [5.74, 6) is -1.38. The number of hydrogen-bond donors (Lipinski definition) is 6. The van der Waals surface area contributed by atoms with E-state index < -0.39 is 62.2 Å². The third-order valence-electron chi connectivity index (χ3n) is 5.28. The molecular weight excluding hydrogens is 703 g/mol. The molecule has 0 aliphatic heterocycles. The van der Waals surface area contributed by atoms with Crippen molar-refractivity contribution in [2.75, 3.05) is 10.7 Å². The van der Waals surface area contributed by atoms with Gasteiger partial charge in [0.05, 0.1) is 15.5 Å².